The molecule has 0 rings (SSSR count). The molecule has 0 aliphatic carbocycles. The van der Waals surface area contributed by atoms with Crippen LogP contribution >= 0.6 is 0 Å². The van der Waals surface area contributed by atoms with Crippen molar-refractivity contribution >= 4 is 10.9 Å². The Morgan fingerprint density at radius 2 is 1.00 bits per heavy atom. The van der Waals surface area contributed by atoms with Crippen LogP contribution in [0.5, 0.6) is 0 Å². The van der Waals surface area contributed by atoms with Gasteiger partial charge in [-0.2, -0.15) is 0 Å². The Labute approximate surface area is 140 Å². The summed E-state index contributed by atoms with van der Waals surface area (Å²) in [6, 6.07) is 0. The van der Waals surface area contributed by atoms with Gasteiger partial charge in [0.2, 0.25) is 10.9 Å². The first kappa shape index (κ1) is 21.9. The van der Waals surface area contributed by atoms with Gasteiger partial charge in [-0.3, -0.25) is 0 Å². The molecule has 0 aliphatic heterocycles. The zero-order chi connectivity index (χ0) is 16.8. The maximum atomic E-state index is 11.3. The minimum atomic E-state index is -2.40. The molecule has 0 amide bonds. The molecule has 0 saturated heterocycles. The highest BCUT2D eigenvalue weighted by molar-refractivity contribution is 7.69. The first-order valence-electron chi connectivity index (χ1n) is 9.32. The second kappa shape index (κ2) is 14.5. The number of unbranched alkanes of at least 4 members (excludes halogenated alkanes) is 6. The van der Waals surface area contributed by atoms with E-state index in [0.29, 0.717) is 13.1 Å². The van der Waals surface area contributed by atoms with Gasteiger partial charge in [-0.25, -0.2) is 12.7 Å². The minimum Gasteiger partial charge on any atom is -0.215 e. The molecule has 0 saturated carbocycles. The molecule has 3 nitrogen and oxygen atoms in total. The summed E-state index contributed by atoms with van der Waals surface area (Å²) < 4.78 is 24.2. The SMILES string of the molecule is CC(C)CCCCCCN(CCCCCCC(C)C)[SH](=O)=O. The molecular formula is C18H39NO2S. The zero-order valence-electron chi connectivity index (χ0n) is 15.4. The highest BCUT2D eigenvalue weighted by Crippen LogP contribution is 2.12. The molecule has 0 bridgehead atoms. The van der Waals surface area contributed by atoms with Gasteiger partial charge in [-0.1, -0.05) is 79.1 Å². The smallest absolute Gasteiger partial charge is 0.203 e. The molecule has 0 fully saturated rings. The average molecular weight is 334 g/mol. The molecule has 134 valence electrons. The first-order chi connectivity index (χ1) is 10.4. The minimum absolute atomic E-state index is 0.715. The maximum Gasteiger partial charge on any atom is 0.203 e. The summed E-state index contributed by atoms with van der Waals surface area (Å²) in [4.78, 5) is 0. The van der Waals surface area contributed by atoms with E-state index < -0.39 is 10.9 Å². The van der Waals surface area contributed by atoms with Gasteiger partial charge in [0.15, 0.2) is 0 Å². The van der Waals surface area contributed by atoms with E-state index in [1.165, 1.54) is 38.5 Å². The summed E-state index contributed by atoms with van der Waals surface area (Å²) in [5.74, 6) is 1.56. The number of hydrogen-bond acceptors (Lipinski definition) is 2. The van der Waals surface area contributed by atoms with Crippen molar-refractivity contribution < 1.29 is 8.42 Å². The molecule has 4 heteroatoms. The Bertz CT molecular complexity index is 286. The van der Waals surface area contributed by atoms with Gasteiger partial charge in [0.25, 0.3) is 0 Å². The van der Waals surface area contributed by atoms with E-state index in [9.17, 15) is 8.42 Å². The summed E-state index contributed by atoms with van der Waals surface area (Å²) in [5, 5.41) is 0. The standard InChI is InChI=1S/C18H39NO2S/c1-17(2)13-9-5-7-11-15-19(22(20)21)16-12-8-6-10-14-18(3)4/h17-18,22H,5-16H2,1-4H3. The fourth-order valence-corrected chi connectivity index (χ4v) is 3.29. The van der Waals surface area contributed by atoms with Gasteiger partial charge in [0.1, 0.15) is 0 Å². The van der Waals surface area contributed by atoms with E-state index in [1.807, 2.05) is 0 Å². The molecule has 0 aromatic carbocycles. The number of nitrogens with zero attached hydrogens (tertiary/aromatic N) is 1. The van der Waals surface area contributed by atoms with Crippen molar-refractivity contribution in [2.45, 2.75) is 91.9 Å². The van der Waals surface area contributed by atoms with Gasteiger partial charge >= 0.3 is 0 Å². The van der Waals surface area contributed by atoms with Gasteiger partial charge < -0.3 is 0 Å². The normalized spacial score (nSPS) is 12.2. The van der Waals surface area contributed by atoms with Crippen LogP contribution in [0.15, 0.2) is 0 Å². The summed E-state index contributed by atoms with van der Waals surface area (Å²) >= 11 is 0. The number of thiol groups is 1. The highest BCUT2D eigenvalue weighted by atomic mass is 32.2. The van der Waals surface area contributed by atoms with E-state index >= 15 is 0 Å². The van der Waals surface area contributed by atoms with E-state index in [1.54, 1.807) is 4.31 Å². The Morgan fingerprint density at radius 1 is 0.636 bits per heavy atom. The molecule has 0 spiro atoms. The molecular weight excluding hydrogens is 294 g/mol. The molecule has 0 aliphatic rings. The lowest BCUT2D eigenvalue weighted by Crippen LogP contribution is -2.24. The van der Waals surface area contributed by atoms with Crippen LogP contribution in [0.3, 0.4) is 0 Å². The van der Waals surface area contributed by atoms with Crippen molar-refractivity contribution in [1.82, 2.24) is 4.31 Å². The lowest BCUT2D eigenvalue weighted by atomic mass is 10.0. The van der Waals surface area contributed by atoms with Crippen molar-refractivity contribution in [3.8, 4) is 0 Å². The topological polar surface area (TPSA) is 37.4 Å². The van der Waals surface area contributed by atoms with Crippen molar-refractivity contribution in [1.29, 1.82) is 0 Å². The molecule has 0 aromatic heterocycles. The van der Waals surface area contributed by atoms with Crippen LogP contribution < -0.4 is 0 Å². The Hall–Kier alpha value is -0.0900. The first-order valence-corrected chi connectivity index (χ1v) is 10.5. The Balaban J connectivity index is 3.61. The van der Waals surface area contributed by atoms with Crippen LogP contribution in [0, 0.1) is 11.8 Å². The molecule has 0 unspecified atom stereocenters. The lowest BCUT2D eigenvalue weighted by molar-refractivity contribution is 0.391. The largest absolute Gasteiger partial charge is 0.215 e. The van der Waals surface area contributed by atoms with Crippen molar-refractivity contribution in [2.75, 3.05) is 13.1 Å². The van der Waals surface area contributed by atoms with Crippen molar-refractivity contribution in [2.24, 2.45) is 11.8 Å². The van der Waals surface area contributed by atoms with Crippen LogP contribution in [0.1, 0.15) is 91.9 Å². The van der Waals surface area contributed by atoms with Crippen LogP contribution in [0.25, 0.3) is 0 Å². The Kier molecular flexibility index (Phi) is 14.4. The molecule has 0 radical (unpaired) electrons. The molecule has 22 heavy (non-hydrogen) atoms. The van der Waals surface area contributed by atoms with Gasteiger partial charge in [0, 0.05) is 13.1 Å². The molecule has 0 heterocycles. The Morgan fingerprint density at radius 3 is 1.32 bits per heavy atom. The maximum absolute atomic E-state index is 11.3. The molecule has 0 aromatic rings. The summed E-state index contributed by atoms with van der Waals surface area (Å²) in [6.45, 7) is 10.4. The lowest BCUT2D eigenvalue weighted by Gasteiger charge is -2.15. The van der Waals surface area contributed by atoms with Gasteiger partial charge in [-0.15, -0.1) is 0 Å². The van der Waals surface area contributed by atoms with Crippen LogP contribution in [-0.4, -0.2) is 25.8 Å². The average Bonchev–Trinajstić information content (AvgIpc) is 2.42. The molecule has 0 atom stereocenters. The van der Waals surface area contributed by atoms with E-state index in [-0.39, 0.29) is 0 Å². The third-order valence-corrected chi connectivity index (χ3v) is 4.99. The van der Waals surface area contributed by atoms with E-state index in [0.717, 1.165) is 37.5 Å². The third-order valence-electron chi connectivity index (χ3n) is 4.13. The number of rotatable bonds is 15. The monoisotopic (exact) mass is 333 g/mol. The quantitative estimate of drug-likeness (QED) is 0.337. The predicted molar refractivity (Wildman–Crippen MR) is 97.7 cm³/mol. The van der Waals surface area contributed by atoms with Crippen LogP contribution in [0.2, 0.25) is 0 Å². The third kappa shape index (κ3) is 14.8. The summed E-state index contributed by atoms with van der Waals surface area (Å²) in [5.41, 5.74) is 0. The van der Waals surface area contributed by atoms with Gasteiger partial charge in [0.05, 0.1) is 0 Å². The summed E-state index contributed by atoms with van der Waals surface area (Å²) in [6.07, 6.45) is 11.9. The van der Waals surface area contributed by atoms with Crippen molar-refractivity contribution in [3.63, 3.8) is 0 Å². The van der Waals surface area contributed by atoms with Gasteiger partial charge in [-0.05, 0) is 24.7 Å². The fraction of sp³-hybridized carbons (Fsp3) is 1.00. The fourth-order valence-electron chi connectivity index (χ4n) is 2.68. The number of hydrogen-bond donors (Lipinski definition) is 1. The second-order valence-electron chi connectivity index (χ2n) is 7.38. The van der Waals surface area contributed by atoms with Crippen molar-refractivity contribution in [3.05, 3.63) is 0 Å². The predicted octanol–water partition coefficient (Wildman–Crippen LogP) is 5.03. The summed E-state index contributed by atoms with van der Waals surface area (Å²) in [7, 11) is -2.40. The van der Waals surface area contributed by atoms with E-state index in [4.69, 9.17) is 0 Å². The molecule has 0 N–H and O–H groups in total. The van der Waals surface area contributed by atoms with E-state index in [2.05, 4.69) is 27.7 Å². The van der Waals surface area contributed by atoms with Crippen LogP contribution in [-0.2, 0) is 10.9 Å². The second-order valence-corrected chi connectivity index (χ2v) is 8.43. The zero-order valence-corrected chi connectivity index (χ0v) is 16.2. The highest BCUT2D eigenvalue weighted by Gasteiger charge is 2.06. The van der Waals surface area contributed by atoms with Crippen LogP contribution in [0.4, 0.5) is 0 Å².